The van der Waals surface area contributed by atoms with Crippen molar-refractivity contribution in [2.75, 3.05) is 0 Å². The largest absolute Gasteiger partial charge is 0.343 e. The van der Waals surface area contributed by atoms with Crippen molar-refractivity contribution in [1.82, 2.24) is 4.57 Å². The summed E-state index contributed by atoms with van der Waals surface area (Å²) in [4.78, 5) is 2.81. The van der Waals surface area contributed by atoms with E-state index in [1.54, 1.807) is 0 Å². The van der Waals surface area contributed by atoms with Crippen LogP contribution in [0.3, 0.4) is 0 Å². The van der Waals surface area contributed by atoms with Crippen LogP contribution in [0.5, 0.6) is 0 Å². The Hall–Kier alpha value is -1.06. The average Bonchev–Trinajstić information content (AvgIpc) is 2.93. The van der Waals surface area contributed by atoms with E-state index in [4.69, 9.17) is 5.73 Å². The van der Waals surface area contributed by atoms with Gasteiger partial charge in [0.25, 0.3) is 0 Å². The Labute approximate surface area is 125 Å². The van der Waals surface area contributed by atoms with Crippen LogP contribution in [-0.4, -0.2) is 4.57 Å². The molecular weight excluding hydrogens is 264 g/mol. The van der Waals surface area contributed by atoms with Crippen molar-refractivity contribution in [1.29, 1.82) is 0 Å². The van der Waals surface area contributed by atoms with Gasteiger partial charge in [-0.25, -0.2) is 0 Å². The molecule has 2 nitrogen and oxygen atoms in total. The number of nitrogens with zero attached hydrogens (tertiary/aromatic N) is 1. The van der Waals surface area contributed by atoms with Gasteiger partial charge in [0.05, 0.1) is 6.04 Å². The van der Waals surface area contributed by atoms with Crippen LogP contribution in [0.2, 0.25) is 0 Å². The lowest BCUT2D eigenvalue weighted by molar-refractivity contribution is 0.274. The molecular formula is C17H24N2S. The third-order valence-electron chi connectivity index (χ3n) is 4.47. The molecule has 3 rings (SSSR count). The van der Waals surface area contributed by atoms with Gasteiger partial charge in [-0.15, -0.1) is 11.3 Å². The first-order valence-electron chi connectivity index (χ1n) is 7.39. The van der Waals surface area contributed by atoms with Crippen LogP contribution in [0.1, 0.15) is 60.3 Å². The Bertz CT molecular complexity index is 621. The zero-order valence-corrected chi connectivity index (χ0v) is 13.6. The van der Waals surface area contributed by atoms with Crippen molar-refractivity contribution in [3.05, 3.63) is 45.4 Å². The molecule has 1 aliphatic carbocycles. The highest BCUT2D eigenvalue weighted by molar-refractivity contribution is 7.12. The highest BCUT2D eigenvalue weighted by Crippen LogP contribution is 2.41. The van der Waals surface area contributed by atoms with E-state index in [0.29, 0.717) is 11.5 Å². The monoisotopic (exact) mass is 288 g/mol. The number of thiophene rings is 1. The van der Waals surface area contributed by atoms with E-state index in [2.05, 4.69) is 56.7 Å². The van der Waals surface area contributed by atoms with Crippen molar-refractivity contribution in [2.45, 2.75) is 52.6 Å². The predicted octanol–water partition coefficient (Wildman–Crippen LogP) is 4.44. The summed E-state index contributed by atoms with van der Waals surface area (Å²) in [5.74, 6) is 0. The van der Waals surface area contributed by atoms with Crippen LogP contribution in [0.15, 0.2) is 24.4 Å². The molecule has 2 aromatic rings. The summed E-state index contributed by atoms with van der Waals surface area (Å²) in [6, 6.07) is 7.28. The molecule has 0 fully saturated rings. The quantitative estimate of drug-likeness (QED) is 0.870. The van der Waals surface area contributed by atoms with Gasteiger partial charge < -0.3 is 10.3 Å². The van der Waals surface area contributed by atoms with Crippen LogP contribution in [0, 0.1) is 12.3 Å². The van der Waals surface area contributed by atoms with Crippen LogP contribution in [0.4, 0.5) is 0 Å². The van der Waals surface area contributed by atoms with Gasteiger partial charge >= 0.3 is 0 Å². The molecule has 0 radical (unpaired) electrons. The molecule has 0 bridgehead atoms. The fourth-order valence-electron chi connectivity index (χ4n) is 3.44. The van der Waals surface area contributed by atoms with Crippen LogP contribution in [-0.2, 0) is 6.42 Å². The van der Waals surface area contributed by atoms with Crippen LogP contribution < -0.4 is 5.73 Å². The topological polar surface area (TPSA) is 30.9 Å². The molecule has 2 atom stereocenters. The smallest absolute Gasteiger partial charge is 0.0647 e. The number of rotatable bonds is 2. The summed E-state index contributed by atoms with van der Waals surface area (Å²) in [7, 11) is 0. The van der Waals surface area contributed by atoms with Gasteiger partial charge in [-0.3, -0.25) is 0 Å². The highest BCUT2D eigenvalue weighted by atomic mass is 32.1. The average molecular weight is 288 g/mol. The summed E-state index contributed by atoms with van der Waals surface area (Å²) >= 11 is 1.89. The Kier molecular flexibility index (Phi) is 3.30. The van der Waals surface area contributed by atoms with Gasteiger partial charge in [-0.2, -0.15) is 0 Å². The highest BCUT2D eigenvalue weighted by Gasteiger charge is 2.33. The summed E-state index contributed by atoms with van der Waals surface area (Å²) in [6.45, 7) is 9.11. The third-order valence-corrected chi connectivity index (χ3v) is 5.64. The van der Waals surface area contributed by atoms with E-state index in [1.807, 2.05) is 11.3 Å². The summed E-state index contributed by atoms with van der Waals surface area (Å²) in [5, 5.41) is 0. The van der Waals surface area contributed by atoms with E-state index in [1.165, 1.54) is 21.0 Å². The number of hydrogen-bond donors (Lipinski definition) is 1. The SMILES string of the molecule is Cc1ccc(C(C)n2ccc3c2CC(C)(C)CC3N)s1. The molecule has 0 saturated carbocycles. The van der Waals surface area contributed by atoms with E-state index < -0.39 is 0 Å². The maximum absolute atomic E-state index is 6.37. The van der Waals surface area contributed by atoms with Gasteiger partial charge in [0, 0.05) is 27.7 Å². The normalized spacial score (nSPS) is 22.6. The molecule has 2 aromatic heterocycles. The molecule has 0 aromatic carbocycles. The number of fused-ring (bicyclic) bond motifs is 1. The number of hydrogen-bond acceptors (Lipinski definition) is 2. The van der Waals surface area contributed by atoms with Crippen LogP contribution in [0.25, 0.3) is 0 Å². The molecule has 2 N–H and O–H groups in total. The van der Waals surface area contributed by atoms with E-state index in [0.717, 1.165) is 12.8 Å². The molecule has 0 amide bonds. The van der Waals surface area contributed by atoms with E-state index in [9.17, 15) is 0 Å². The second kappa shape index (κ2) is 4.74. The number of aromatic nitrogens is 1. The first-order valence-corrected chi connectivity index (χ1v) is 8.20. The molecule has 0 spiro atoms. The van der Waals surface area contributed by atoms with E-state index in [-0.39, 0.29) is 6.04 Å². The third kappa shape index (κ3) is 2.33. The number of nitrogens with two attached hydrogens (primary N) is 1. The van der Waals surface area contributed by atoms with Crippen molar-refractivity contribution in [3.8, 4) is 0 Å². The summed E-state index contributed by atoms with van der Waals surface area (Å²) < 4.78 is 2.43. The van der Waals surface area contributed by atoms with Crippen molar-refractivity contribution >= 4 is 11.3 Å². The summed E-state index contributed by atoms with van der Waals surface area (Å²) in [6.07, 6.45) is 4.43. The minimum absolute atomic E-state index is 0.187. The Morgan fingerprint density at radius 1 is 1.35 bits per heavy atom. The lowest BCUT2D eigenvalue weighted by Crippen LogP contribution is -2.30. The Balaban J connectivity index is 2.00. The fraction of sp³-hybridized carbons (Fsp3) is 0.529. The fourth-order valence-corrected chi connectivity index (χ4v) is 4.36. The first-order chi connectivity index (χ1) is 9.37. The second-order valence-corrected chi connectivity index (χ2v) is 8.22. The molecule has 0 saturated heterocycles. The van der Waals surface area contributed by atoms with Gasteiger partial charge in [0.2, 0.25) is 0 Å². The molecule has 2 unspecified atom stereocenters. The Morgan fingerprint density at radius 3 is 2.75 bits per heavy atom. The Morgan fingerprint density at radius 2 is 2.10 bits per heavy atom. The molecule has 3 heteroatoms. The van der Waals surface area contributed by atoms with Gasteiger partial charge in [0.15, 0.2) is 0 Å². The molecule has 20 heavy (non-hydrogen) atoms. The maximum Gasteiger partial charge on any atom is 0.0647 e. The van der Waals surface area contributed by atoms with Crippen LogP contribution >= 0.6 is 11.3 Å². The lowest BCUT2D eigenvalue weighted by Gasteiger charge is -2.35. The van der Waals surface area contributed by atoms with Gasteiger partial charge in [0.1, 0.15) is 0 Å². The molecule has 2 heterocycles. The lowest BCUT2D eigenvalue weighted by atomic mass is 9.74. The predicted molar refractivity (Wildman–Crippen MR) is 86.3 cm³/mol. The first kappa shape index (κ1) is 13.9. The van der Waals surface area contributed by atoms with Crippen molar-refractivity contribution < 1.29 is 0 Å². The minimum Gasteiger partial charge on any atom is -0.343 e. The second-order valence-electron chi connectivity index (χ2n) is 6.90. The van der Waals surface area contributed by atoms with Crippen molar-refractivity contribution in [2.24, 2.45) is 11.1 Å². The maximum atomic E-state index is 6.37. The summed E-state index contributed by atoms with van der Waals surface area (Å²) in [5.41, 5.74) is 9.46. The zero-order valence-electron chi connectivity index (χ0n) is 12.8. The van der Waals surface area contributed by atoms with E-state index >= 15 is 0 Å². The number of aryl methyl sites for hydroxylation is 1. The minimum atomic E-state index is 0.187. The van der Waals surface area contributed by atoms with Gasteiger partial charge in [-0.1, -0.05) is 13.8 Å². The molecule has 1 aliphatic rings. The van der Waals surface area contributed by atoms with Crippen molar-refractivity contribution in [3.63, 3.8) is 0 Å². The van der Waals surface area contributed by atoms with Gasteiger partial charge in [-0.05, 0) is 55.9 Å². The molecule has 108 valence electrons. The zero-order chi connectivity index (χ0) is 14.5. The molecule has 0 aliphatic heterocycles. The standard InChI is InChI=1S/C17H24N2S/c1-11-5-6-16(20-11)12(2)19-8-7-13-14(18)9-17(3,4)10-15(13)19/h5-8,12,14H,9-10,18H2,1-4H3.